The van der Waals surface area contributed by atoms with E-state index in [0.717, 1.165) is 45.1 Å². The molecule has 41 heavy (non-hydrogen) atoms. The van der Waals surface area contributed by atoms with Crippen molar-refractivity contribution in [2.75, 3.05) is 10.0 Å². The first-order chi connectivity index (χ1) is 20.2. The van der Waals surface area contributed by atoms with Gasteiger partial charge in [-0.2, -0.15) is 10.2 Å². The Morgan fingerprint density at radius 3 is 2.29 bits per heavy atom. The number of anilines is 3. The number of para-hydroxylation sites is 3. The Morgan fingerprint density at radius 2 is 1.56 bits per heavy atom. The van der Waals surface area contributed by atoms with Crippen LogP contribution >= 0.6 is 23.1 Å². The molecule has 0 N–H and O–H groups in total. The molecule has 2 aromatic heterocycles. The zero-order valence-corrected chi connectivity index (χ0v) is 24.0. The maximum Gasteiger partial charge on any atom is 0.151 e. The van der Waals surface area contributed by atoms with Crippen LogP contribution < -0.4 is 10.0 Å². The SMILES string of the molecule is C/C(=N\N(Cc1cccs1)c1ccccc1)c1cc2cc(/C=N/N3c4ccccc4Sc4ccccc43)ccc2o1. The van der Waals surface area contributed by atoms with Crippen LogP contribution in [0.2, 0.25) is 0 Å². The van der Waals surface area contributed by atoms with Gasteiger partial charge in [-0.1, -0.05) is 60.3 Å². The first-order valence-corrected chi connectivity index (χ1v) is 15.0. The van der Waals surface area contributed by atoms with Crippen LogP contribution in [0.4, 0.5) is 17.1 Å². The van der Waals surface area contributed by atoms with E-state index in [1.54, 1.807) is 23.1 Å². The van der Waals surface area contributed by atoms with Crippen molar-refractivity contribution >= 4 is 63.1 Å². The molecule has 0 bridgehead atoms. The molecule has 0 aliphatic carbocycles. The number of hydrazone groups is 2. The predicted molar refractivity (Wildman–Crippen MR) is 172 cm³/mol. The Labute approximate surface area is 247 Å². The largest absolute Gasteiger partial charge is 0.455 e. The molecule has 0 saturated heterocycles. The van der Waals surface area contributed by atoms with Crippen LogP contribution in [-0.2, 0) is 6.54 Å². The first kappa shape index (κ1) is 25.4. The first-order valence-electron chi connectivity index (χ1n) is 13.4. The number of rotatable bonds is 7. The van der Waals surface area contributed by atoms with Crippen molar-refractivity contribution in [2.45, 2.75) is 23.3 Å². The van der Waals surface area contributed by atoms with Gasteiger partial charge >= 0.3 is 0 Å². The third-order valence-electron chi connectivity index (χ3n) is 6.84. The molecule has 7 heteroatoms. The molecular formula is C34H26N4OS2. The maximum absolute atomic E-state index is 6.23. The van der Waals surface area contributed by atoms with E-state index in [1.807, 2.05) is 53.5 Å². The molecular weight excluding hydrogens is 545 g/mol. The van der Waals surface area contributed by atoms with Crippen molar-refractivity contribution in [1.29, 1.82) is 0 Å². The molecule has 7 rings (SSSR count). The van der Waals surface area contributed by atoms with Gasteiger partial charge in [-0.3, -0.25) is 5.01 Å². The second kappa shape index (κ2) is 11.1. The molecule has 0 atom stereocenters. The molecule has 0 spiro atoms. The Kier molecular flexibility index (Phi) is 6.88. The van der Waals surface area contributed by atoms with Gasteiger partial charge in [0.1, 0.15) is 11.3 Å². The summed E-state index contributed by atoms with van der Waals surface area (Å²) < 4.78 is 6.23. The highest BCUT2D eigenvalue weighted by atomic mass is 32.2. The Bertz CT molecular complexity index is 1830. The van der Waals surface area contributed by atoms with Crippen LogP contribution in [0.25, 0.3) is 11.0 Å². The number of hydrogen-bond acceptors (Lipinski definition) is 7. The summed E-state index contributed by atoms with van der Waals surface area (Å²) >= 11 is 3.51. The van der Waals surface area contributed by atoms with Crippen LogP contribution in [-0.4, -0.2) is 11.9 Å². The predicted octanol–water partition coefficient (Wildman–Crippen LogP) is 9.56. The van der Waals surface area contributed by atoms with E-state index >= 15 is 0 Å². The lowest BCUT2D eigenvalue weighted by atomic mass is 10.1. The maximum atomic E-state index is 6.23. The molecule has 0 unspecified atom stereocenters. The Hall–Kier alpha value is -4.59. The fourth-order valence-corrected chi connectivity index (χ4v) is 6.55. The molecule has 0 amide bonds. The summed E-state index contributed by atoms with van der Waals surface area (Å²) in [7, 11) is 0. The molecule has 0 radical (unpaired) electrons. The fraction of sp³-hybridized carbons (Fsp3) is 0.0588. The second-order valence-corrected chi connectivity index (χ2v) is 11.8. The van der Waals surface area contributed by atoms with E-state index in [1.165, 1.54) is 14.7 Å². The monoisotopic (exact) mass is 570 g/mol. The lowest BCUT2D eigenvalue weighted by molar-refractivity contribution is 0.603. The van der Waals surface area contributed by atoms with Crippen molar-refractivity contribution in [3.63, 3.8) is 0 Å². The highest BCUT2D eigenvalue weighted by molar-refractivity contribution is 7.99. The molecule has 1 aliphatic rings. The summed E-state index contributed by atoms with van der Waals surface area (Å²) in [6.07, 6.45) is 1.91. The smallest absolute Gasteiger partial charge is 0.151 e. The molecule has 6 aromatic rings. The third-order valence-corrected chi connectivity index (χ3v) is 8.83. The van der Waals surface area contributed by atoms with Gasteiger partial charge in [0.15, 0.2) is 5.76 Å². The molecule has 200 valence electrons. The van der Waals surface area contributed by atoms with E-state index in [4.69, 9.17) is 14.6 Å². The highest BCUT2D eigenvalue weighted by Gasteiger charge is 2.22. The number of hydrogen-bond donors (Lipinski definition) is 0. The molecule has 0 fully saturated rings. The number of nitrogens with zero attached hydrogens (tertiary/aromatic N) is 4. The highest BCUT2D eigenvalue weighted by Crippen LogP contribution is 2.47. The van der Waals surface area contributed by atoms with Crippen LogP contribution in [0, 0.1) is 0 Å². The molecule has 0 saturated carbocycles. The van der Waals surface area contributed by atoms with Gasteiger partial charge in [-0.05, 0) is 84.6 Å². The summed E-state index contributed by atoms with van der Waals surface area (Å²) in [6, 6.07) is 39.4. The normalized spacial score (nSPS) is 13.0. The Morgan fingerprint density at radius 1 is 0.829 bits per heavy atom. The summed E-state index contributed by atoms with van der Waals surface area (Å²) in [4.78, 5) is 3.63. The van der Waals surface area contributed by atoms with E-state index < -0.39 is 0 Å². The third kappa shape index (κ3) is 5.29. The van der Waals surface area contributed by atoms with Crippen molar-refractivity contribution in [1.82, 2.24) is 0 Å². The van der Waals surface area contributed by atoms with Crippen LogP contribution in [0.1, 0.15) is 23.1 Å². The van der Waals surface area contributed by atoms with Gasteiger partial charge in [0.2, 0.25) is 0 Å². The van der Waals surface area contributed by atoms with Crippen LogP contribution in [0.5, 0.6) is 0 Å². The number of fused-ring (bicyclic) bond motifs is 3. The topological polar surface area (TPSA) is 44.3 Å². The van der Waals surface area contributed by atoms with Crippen molar-refractivity contribution in [2.24, 2.45) is 10.2 Å². The van der Waals surface area contributed by atoms with Crippen molar-refractivity contribution in [3.8, 4) is 0 Å². The summed E-state index contributed by atoms with van der Waals surface area (Å²) in [5, 5.41) is 17.1. The zero-order valence-electron chi connectivity index (χ0n) is 22.3. The summed E-state index contributed by atoms with van der Waals surface area (Å²) in [5.41, 5.74) is 5.83. The molecule has 3 heterocycles. The molecule has 5 nitrogen and oxygen atoms in total. The van der Waals surface area contributed by atoms with E-state index in [-0.39, 0.29) is 0 Å². The number of thiophene rings is 1. The quantitative estimate of drug-likeness (QED) is 0.142. The second-order valence-electron chi connectivity index (χ2n) is 9.66. The van der Waals surface area contributed by atoms with Gasteiger partial charge in [0, 0.05) is 20.1 Å². The standard InChI is InChI=1S/C34H26N4OS2/c1-24(36-37(23-28-12-9-19-40-28)27-10-3-2-4-11-27)32-21-26-20-25(17-18-31(26)39-32)22-35-38-29-13-5-7-15-33(29)41-34-16-8-6-14-30(34)38/h2-22H,23H2,1H3/b35-22+,36-24+. The lowest BCUT2D eigenvalue weighted by Gasteiger charge is -2.28. The minimum Gasteiger partial charge on any atom is -0.455 e. The van der Waals surface area contributed by atoms with E-state index in [2.05, 4.69) is 90.3 Å². The molecule has 1 aliphatic heterocycles. The minimum absolute atomic E-state index is 0.696. The van der Waals surface area contributed by atoms with Crippen molar-refractivity contribution < 1.29 is 4.42 Å². The number of benzene rings is 4. The van der Waals surface area contributed by atoms with Gasteiger partial charge in [-0.15, -0.1) is 11.3 Å². The summed E-state index contributed by atoms with van der Waals surface area (Å²) in [6.45, 7) is 2.69. The van der Waals surface area contributed by atoms with Gasteiger partial charge < -0.3 is 4.42 Å². The lowest BCUT2D eigenvalue weighted by Crippen LogP contribution is -2.17. The van der Waals surface area contributed by atoms with Crippen LogP contribution in [0.15, 0.2) is 145 Å². The van der Waals surface area contributed by atoms with Gasteiger partial charge in [-0.25, -0.2) is 5.01 Å². The number of furan rings is 1. The zero-order chi connectivity index (χ0) is 27.6. The average Bonchev–Trinajstić information content (AvgIpc) is 3.69. The minimum atomic E-state index is 0.696. The van der Waals surface area contributed by atoms with Crippen LogP contribution in [0.3, 0.4) is 0 Å². The fourth-order valence-electron chi connectivity index (χ4n) is 4.82. The van der Waals surface area contributed by atoms with Gasteiger partial charge in [0.25, 0.3) is 0 Å². The molecule has 4 aromatic carbocycles. The average molecular weight is 571 g/mol. The van der Waals surface area contributed by atoms with Crippen molar-refractivity contribution in [3.05, 3.63) is 137 Å². The summed E-state index contributed by atoms with van der Waals surface area (Å²) in [5.74, 6) is 0.747. The van der Waals surface area contributed by atoms with E-state index in [9.17, 15) is 0 Å². The van der Waals surface area contributed by atoms with E-state index in [0.29, 0.717) is 6.54 Å². The van der Waals surface area contributed by atoms with Gasteiger partial charge in [0.05, 0.1) is 29.8 Å². The Balaban J connectivity index is 1.18.